The molecule has 0 aromatic heterocycles. The second-order valence-electron chi connectivity index (χ2n) is 20.3. The second-order valence-corrected chi connectivity index (χ2v) is 20.3. The number of esters is 3. The first-order chi connectivity index (χ1) is 32.0. The highest BCUT2D eigenvalue weighted by atomic mass is 16.6. The number of hydrogen-bond donors (Lipinski definition) is 0. The molecule has 0 aliphatic heterocycles. The molecule has 386 valence electrons. The van der Waals surface area contributed by atoms with Crippen LogP contribution in [0.2, 0.25) is 0 Å². The Morgan fingerprint density at radius 3 is 0.615 bits per heavy atom. The molecule has 1 atom stereocenters. The number of hydrogen-bond acceptors (Lipinski definition) is 6. The SMILES string of the molecule is CCCCCCCCCCCCCCCCCCCCCCCC(=O)OCC(COC(=O)CCCCCCCCCCCCC)OC(=O)CCCCCCCCCCCCCCCCC. The van der Waals surface area contributed by atoms with Crippen LogP contribution in [0.5, 0.6) is 0 Å². The maximum atomic E-state index is 12.8. The average molecular weight is 920 g/mol. The van der Waals surface area contributed by atoms with Crippen LogP contribution < -0.4 is 0 Å². The van der Waals surface area contributed by atoms with Gasteiger partial charge in [0.25, 0.3) is 0 Å². The standard InChI is InChI=1S/C59H114O6/c1-4-7-10-13-16-19-22-24-26-27-28-29-30-31-33-34-37-40-43-46-49-52-58(61)64-55-56(54-63-57(60)51-48-45-42-39-36-21-18-15-12-9-6-3)65-59(62)53-50-47-44-41-38-35-32-25-23-20-17-14-11-8-5-2/h56H,4-55H2,1-3H3. The Hall–Kier alpha value is -1.59. The van der Waals surface area contributed by atoms with Gasteiger partial charge in [0.05, 0.1) is 0 Å². The van der Waals surface area contributed by atoms with Gasteiger partial charge in [-0.05, 0) is 19.3 Å². The molecule has 6 heteroatoms. The highest BCUT2D eigenvalue weighted by molar-refractivity contribution is 5.71. The molecule has 1 unspecified atom stereocenters. The lowest BCUT2D eigenvalue weighted by Crippen LogP contribution is -2.30. The Morgan fingerprint density at radius 2 is 0.415 bits per heavy atom. The van der Waals surface area contributed by atoms with E-state index in [1.165, 1.54) is 244 Å². The third kappa shape index (κ3) is 53.2. The van der Waals surface area contributed by atoms with Crippen molar-refractivity contribution in [1.29, 1.82) is 0 Å². The summed E-state index contributed by atoms with van der Waals surface area (Å²) in [7, 11) is 0. The molecule has 0 fully saturated rings. The summed E-state index contributed by atoms with van der Waals surface area (Å²) in [6.45, 7) is 6.70. The molecule has 65 heavy (non-hydrogen) atoms. The minimum absolute atomic E-state index is 0.0611. The predicted molar refractivity (Wildman–Crippen MR) is 280 cm³/mol. The molecule has 6 nitrogen and oxygen atoms in total. The zero-order valence-electron chi connectivity index (χ0n) is 44.3. The molecule has 0 radical (unpaired) electrons. The summed E-state index contributed by atoms with van der Waals surface area (Å²) in [5.74, 6) is -0.833. The van der Waals surface area contributed by atoms with Crippen LogP contribution in [0.25, 0.3) is 0 Å². The smallest absolute Gasteiger partial charge is 0.306 e. The van der Waals surface area contributed by atoms with Crippen molar-refractivity contribution in [2.45, 2.75) is 348 Å². The topological polar surface area (TPSA) is 78.9 Å². The first-order valence-corrected chi connectivity index (χ1v) is 29.5. The molecule has 0 saturated carbocycles. The average Bonchev–Trinajstić information content (AvgIpc) is 3.30. The van der Waals surface area contributed by atoms with Gasteiger partial charge in [-0.15, -0.1) is 0 Å². The summed E-state index contributed by atoms with van der Waals surface area (Å²) in [5.41, 5.74) is 0. The summed E-state index contributed by atoms with van der Waals surface area (Å²) < 4.78 is 16.9. The zero-order chi connectivity index (χ0) is 47.2. The Morgan fingerprint density at radius 1 is 0.246 bits per heavy atom. The van der Waals surface area contributed by atoms with E-state index < -0.39 is 6.10 Å². The van der Waals surface area contributed by atoms with Crippen molar-refractivity contribution in [3.8, 4) is 0 Å². The highest BCUT2D eigenvalue weighted by Crippen LogP contribution is 2.18. The Labute approximate surface area is 406 Å². The van der Waals surface area contributed by atoms with E-state index in [1.807, 2.05) is 0 Å². The molecule has 0 spiro atoms. The number of carbonyl (C=O) groups is 3. The zero-order valence-corrected chi connectivity index (χ0v) is 44.3. The molecule has 0 aliphatic rings. The molecular weight excluding hydrogens is 805 g/mol. The van der Waals surface area contributed by atoms with E-state index in [0.717, 1.165) is 57.8 Å². The molecule has 0 amide bonds. The van der Waals surface area contributed by atoms with E-state index in [0.29, 0.717) is 19.3 Å². The van der Waals surface area contributed by atoms with Crippen LogP contribution in [0.15, 0.2) is 0 Å². The molecule has 0 saturated heterocycles. The lowest BCUT2D eigenvalue weighted by molar-refractivity contribution is -0.167. The van der Waals surface area contributed by atoms with Gasteiger partial charge >= 0.3 is 17.9 Å². The van der Waals surface area contributed by atoms with Gasteiger partial charge in [0.15, 0.2) is 6.10 Å². The van der Waals surface area contributed by atoms with Gasteiger partial charge in [0, 0.05) is 19.3 Å². The fourth-order valence-corrected chi connectivity index (χ4v) is 9.15. The largest absolute Gasteiger partial charge is 0.462 e. The van der Waals surface area contributed by atoms with Crippen LogP contribution in [0.1, 0.15) is 342 Å². The van der Waals surface area contributed by atoms with Crippen molar-refractivity contribution in [3.05, 3.63) is 0 Å². The maximum absolute atomic E-state index is 12.8. The van der Waals surface area contributed by atoms with Crippen LogP contribution in [0, 0.1) is 0 Å². The molecule has 0 aromatic rings. The molecule has 0 rings (SSSR count). The number of rotatable bonds is 55. The fourth-order valence-electron chi connectivity index (χ4n) is 9.15. The van der Waals surface area contributed by atoms with E-state index in [1.54, 1.807) is 0 Å². The third-order valence-electron chi connectivity index (χ3n) is 13.6. The second kappa shape index (κ2) is 55.0. The minimum atomic E-state index is -0.760. The normalized spacial score (nSPS) is 11.9. The van der Waals surface area contributed by atoms with Crippen molar-refractivity contribution in [1.82, 2.24) is 0 Å². The van der Waals surface area contributed by atoms with E-state index in [-0.39, 0.29) is 31.1 Å². The fraction of sp³-hybridized carbons (Fsp3) is 0.949. The summed E-state index contributed by atoms with van der Waals surface area (Å²) in [6.07, 6.45) is 61.0. The molecule has 0 N–H and O–H groups in total. The van der Waals surface area contributed by atoms with E-state index >= 15 is 0 Å². The van der Waals surface area contributed by atoms with Crippen LogP contribution in [-0.2, 0) is 28.6 Å². The van der Waals surface area contributed by atoms with Crippen LogP contribution in [0.3, 0.4) is 0 Å². The van der Waals surface area contributed by atoms with Crippen LogP contribution >= 0.6 is 0 Å². The van der Waals surface area contributed by atoms with Gasteiger partial charge in [0.1, 0.15) is 13.2 Å². The van der Waals surface area contributed by atoms with Crippen molar-refractivity contribution in [2.75, 3.05) is 13.2 Å². The van der Waals surface area contributed by atoms with Gasteiger partial charge in [-0.1, -0.05) is 303 Å². The summed E-state index contributed by atoms with van der Waals surface area (Å²) in [4.78, 5) is 38.1. The first kappa shape index (κ1) is 63.4. The summed E-state index contributed by atoms with van der Waals surface area (Å²) >= 11 is 0. The van der Waals surface area contributed by atoms with Gasteiger partial charge in [-0.3, -0.25) is 14.4 Å². The van der Waals surface area contributed by atoms with Crippen molar-refractivity contribution in [2.24, 2.45) is 0 Å². The number of unbranched alkanes of at least 4 members (excludes halogenated alkanes) is 44. The maximum Gasteiger partial charge on any atom is 0.306 e. The Balaban J connectivity index is 4.21. The molecule has 0 aliphatic carbocycles. The summed E-state index contributed by atoms with van der Waals surface area (Å²) in [6, 6.07) is 0. The van der Waals surface area contributed by atoms with Crippen LogP contribution in [0.4, 0.5) is 0 Å². The lowest BCUT2D eigenvalue weighted by Gasteiger charge is -2.18. The lowest BCUT2D eigenvalue weighted by atomic mass is 10.0. The minimum Gasteiger partial charge on any atom is -0.462 e. The first-order valence-electron chi connectivity index (χ1n) is 29.5. The highest BCUT2D eigenvalue weighted by Gasteiger charge is 2.19. The van der Waals surface area contributed by atoms with Gasteiger partial charge in [-0.2, -0.15) is 0 Å². The Kier molecular flexibility index (Phi) is 53.7. The van der Waals surface area contributed by atoms with Gasteiger partial charge < -0.3 is 14.2 Å². The predicted octanol–water partition coefficient (Wildman–Crippen LogP) is 19.5. The van der Waals surface area contributed by atoms with Crippen molar-refractivity contribution < 1.29 is 28.6 Å². The van der Waals surface area contributed by atoms with Crippen LogP contribution in [-0.4, -0.2) is 37.2 Å². The van der Waals surface area contributed by atoms with Gasteiger partial charge in [-0.25, -0.2) is 0 Å². The van der Waals surface area contributed by atoms with Crippen molar-refractivity contribution >= 4 is 17.9 Å². The monoisotopic (exact) mass is 919 g/mol. The van der Waals surface area contributed by atoms with E-state index in [9.17, 15) is 14.4 Å². The Bertz CT molecular complexity index is 967. The third-order valence-corrected chi connectivity index (χ3v) is 13.6. The molecule has 0 heterocycles. The van der Waals surface area contributed by atoms with E-state index in [2.05, 4.69) is 20.8 Å². The van der Waals surface area contributed by atoms with Crippen molar-refractivity contribution in [3.63, 3.8) is 0 Å². The summed E-state index contributed by atoms with van der Waals surface area (Å²) in [5, 5.41) is 0. The molecule has 0 bridgehead atoms. The number of ether oxygens (including phenoxy) is 3. The number of carbonyl (C=O) groups excluding carboxylic acids is 3. The quantitative estimate of drug-likeness (QED) is 0.0344. The molecule has 0 aromatic carbocycles. The van der Waals surface area contributed by atoms with Gasteiger partial charge in [0.2, 0.25) is 0 Å². The molecular formula is C59H114O6. The van der Waals surface area contributed by atoms with E-state index in [4.69, 9.17) is 14.2 Å².